The van der Waals surface area contributed by atoms with E-state index >= 15 is 0 Å². The average Bonchev–Trinajstić information content (AvgIpc) is 2.59. The second-order valence-electron chi connectivity index (χ2n) is 7.66. The van der Waals surface area contributed by atoms with Crippen LogP contribution in [-0.4, -0.2) is 28.1 Å². The summed E-state index contributed by atoms with van der Waals surface area (Å²) in [5, 5.41) is 11.4. The van der Waals surface area contributed by atoms with Crippen molar-refractivity contribution >= 4 is 29.1 Å². The number of hydrogen-bond acceptors (Lipinski definition) is 6. The molecule has 8 heteroatoms. The van der Waals surface area contributed by atoms with E-state index in [1.165, 1.54) is 0 Å². The van der Waals surface area contributed by atoms with Gasteiger partial charge in [0.2, 0.25) is 5.95 Å². The van der Waals surface area contributed by atoms with E-state index in [0.29, 0.717) is 34.8 Å². The lowest BCUT2D eigenvalue weighted by Gasteiger charge is -2.21. The van der Waals surface area contributed by atoms with Crippen LogP contribution in [0.1, 0.15) is 40.3 Å². The first-order valence-electron chi connectivity index (χ1n) is 9.59. The maximum absolute atomic E-state index is 6.36. The molecule has 1 aromatic carbocycles. The van der Waals surface area contributed by atoms with Crippen LogP contribution in [0.2, 0.25) is 5.02 Å². The molecule has 0 aliphatic rings. The second kappa shape index (κ2) is 9.68. The molecule has 0 bridgehead atoms. The lowest BCUT2D eigenvalue weighted by Crippen LogP contribution is -2.26. The first-order chi connectivity index (χ1) is 13.2. The van der Waals surface area contributed by atoms with E-state index in [2.05, 4.69) is 48.0 Å². The van der Waals surface area contributed by atoms with Gasteiger partial charge in [0.05, 0.1) is 10.7 Å². The summed E-state index contributed by atoms with van der Waals surface area (Å²) in [6.07, 6.45) is 0.683. The zero-order chi connectivity index (χ0) is 20.8. The van der Waals surface area contributed by atoms with Crippen molar-refractivity contribution in [3.8, 4) is 11.1 Å². The third-order valence-electron chi connectivity index (χ3n) is 4.03. The minimum Gasteiger partial charge on any atom is -0.383 e. The molecule has 0 aliphatic carbocycles. The Hall–Kier alpha value is -2.41. The Morgan fingerprint density at radius 2 is 1.71 bits per heavy atom. The molecule has 7 nitrogen and oxygen atoms in total. The molecular weight excluding hydrogens is 374 g/mol. The van der Waals surface area contributed by atoms with Crippen molar-refractivity contribution in [3.63, 3.8) is 0 Å². The SMILES string of the molecule is CCc1nc(N)nc(N)c1-c1ccc(Cl)c(N=NN(CC(C)C)CC(C)C)c1. The van der Waals surface area contributed by atoms with Crippen LogP contribution in [0.15, 0.2) is 28.5 Å². The van der Waals surface area contributed by atoms with Crippen molar-refractivity contribution in [2.45, 2.75) is 41.0 Å². The fourth-order valence-electron chi connectivity index (χ4n) is 2.96. The Kier molecular flexibility index (Phi) is 7.57. The van der Waals surface area contributed by atoms with E-state index in [-0.39, 0.29) is 5.95 Å². The summed E-state index contributed by atoms with van der Waals surface area (Å²) in [5.74, 6) is 1.48. The molecule has 1 heterocycles. The monoisotopic (exact) mass is 403 g/mol. The maximum Gasteiger partial charge on any atom is 0.222 e. The molecule has 0 aliphatic heterocycles. The highest BCUT2D eigenvalue weighted by Crippen LogP contribution is 2.35. The molecule has 0 saturated heterocycles. The van der Waals surface area contributed by atoms with Gasteiger partial charge in [-0.2, -0.15) is 4.98 Å². The lowest BCUT2D eigenvalue weighted by atomic mass is 10.0. The van der Waals surface area contributed by atoms with Gasteiger partial charge < -0.3 is 11.5 Å². The number of halogens is 1. The van der Waals surface area contributed by atoms with Gasteiger partial charge in [0.25, 0.3) is 0 Å². The normalized spacial score (nSPS) is 11.7. The Morgan fingerprint density at radius 3 is 2.29 bits per heavy atom. The number of aryl methyl sites for hydroxylation is 1. The fourth-order valence-corrected chi connectivity index (χ4v) is 3.12. The van der Waals surface area contributed by atoms with Crippen LogP contribution in [0, 0.1) is 11.8 Å². The molecule has 0 unspecified atom stereocenters. The smallest absolute Gasteiger partial charge is 0.222 e. The highest BCUT2D eigenvalue weighted by atomic mass is 35.5. The van der Waals surface area contributed by atoms with Crippen LogP contribution in [-0.2, 0) is 6.42 Å². The number of nitrogens with two attached hydrogens (primary N) is 2. The molecule has 0 amide bonds. The number of hydrogen-bond donors (Lipinski definition) is 2. The summed E-state index contributed by atoms with van der Waals surface area (Å²) in [5.41, 5.74) is 14.8. The highest BCUT2D eigenvalue weighted by molar-refractivity contribution is 6.33. The summed E-state index contributed by atoms with van der Waals surface area (Å²) >= 11 is 6.36. The molecule has 0 radical (unpaired) electrons. The van der Waals surface area contributed by atoms with E-state index in [0.717, 1.165) is 29.9 Å². The van der Waals surface area contributed by atoms with E-state index in [1.807, 2.05) is 24.1 Å². The number of benzene rings is 1. The quantitative estimate of drug-likeness (QED) is 0.469. The summed E-state index contributed by atoms with van der Waals surface area (Å²) < 4.78 is 0. The van der Waals surface area contributed by atoms with Crippen LogP contribution < -0.4 is 11.5 Å². The van der Waals surface area contributed by atoms with E-state index in [9.17, 15) is 0 Å². The van der Waals surface area contributed by atoms with Crippen LogP contribution in [0.25, 0.3) is 11.1 Å². The predicted molar refractivity (Wildman–Crippen MR) is 116 cm³/mol. The van der Waals surface area contributed by atoms with Gasteiger partial charge >= 0.3 is 0 Å². The standard InChI is InChI=1S/C20H30ClN7/c1-6-16-18(19(22)25-20(23)24-16)14-7-8-15(21)17(9-14)26-27-28(10-12(2)3)11-13(4)5/h7-9,12-13H,6,10-11H2,1-5H3,(H4,22,23,24,25). The topological polar surface area (TPSA) is 106 Å². The van der Waals surface area contributed by atoms with E-state index < -0.39 is 0 Å². The van der Waals surface area contributed by atoms with Crippen LogP contribution in [0.4, 0.5) is 17.5 Å². The molecule has 1 aromatic heterocycles. The van der Waals surface area contributed by atoms with Crippen LogP contribution in [0.3, 0.4) is 0 Å². The first kappa shape index (κ1) is 21.9. The molecular formula is C20H30ClN7. The highest BCUT2D eigenvalue weighted by Gasteiger charge is 2.14. The predicted octanol–water partition coefficient (Wildman–Crippen LogP) is 5.14. The van der Waals surface area contributed by atoms with E-state index in [4.69, 9.17) is 23.1 Å². The number of aromatic nitrogens is 2. The Balaban J connectivity index is 2.41. The lowest BCUT2D eigenvalue weighted by molar-refractivity contribution is 0.215. The molecule has 0 atom stereocenters. The van der Waals surface area contributed by atoms with Gasteiger partial charge in [-0.1, -0.05) is 57.5 Å². The zero-order valence-electron chi connectivity index (χ0n) is 17.3. The van der Waals surface area contributed by atoms with Crippen molar-refractivity contribution < 1.29 is 0 Å². The van der Waals surface area contributed by atoms with Crippen molar-refractivity contribution in [3.05, 3.63) is 28.9 Å². The molecule has 0 spiro atoms. The van der Waals surface area contributed by atoms with Gasteiger partial charge in [0.15, 0.2) is 0 Å². The molecule has 2 rings (SSSR count). The number of nitrogen functional groups attached to an aromatic ring is 2. The Bertz CT molecular complexity index is 824. The van der Waals surface area contributed by atoms with Gasteiger partial charge in [-0.3, -0.25) is 5.01 Å². The Labute approximate surface area is 172 Å². The van der Waals surface area contributed by atoms with Crippen molar-refractivity contribution in [1.82, 2.24) is 15.0 Å². The second-order valence-corrected chi connectivity index (χ2v) is 8.06. The largest absolute Gasteiger partial charge is 0.383 e. The molecule has 0 fully saturated rings. The summed E-state index contributed by atoms with van der Waals surface area (Å²) in [6.45, 7) is 12.3. The number of rotatable bonds is 8. The number of nitrogens with zero attached hydrogens (tertiary/aromatic N) is 5. The molecule has 28 heavy (non-hydrogen) atoms. The van der Waals surface area contributed by atoms with Gasteiger partial charge in [0.1, 0.15) is 11.5 Å². The zero-order valence-corrected chi connectivity index (χ0v) is 18.0. The van der Waals surface area contributed by atoms with Gasteiger partial charge in [-0.15, -0.1) is 5.11 Å². The van der Waals surface area contributed by atoms with Crippen LogP contribution >= 0.6 is 11.6 Å². The summed E-state index contributed by atoms with van der Waals surface area (Å²) in [6, 6.07) is 5.53. The minimum atomic E-state index is 0.171. The maximum atomic E-state index is 6.36. The summed E-state index contributed by atoms with van der Waals surface area (Å²) in [4.78, 5) is 8.41. The summed E-state index contributed by atoms with van der Waals surface area (Å²) in [7, 11) is 0. The van der Waals surface area contributed by atoms with E-state index in [1.54, 1.807) is 6.07 Å². The molecule has 2 aromatic rings. The Morgan fingerprint density at radius 1 is 1.07 bits per heavy atom. The first-order valence-corrected chi connectivity index (χ1v) is 9.97. The molecule has 4 N–H and O–H groups in total. The fraction of sp³-hybridized carbons (Fsp3) is 0.500. The van der Waals surface area contributed by atoms with Gasteiger partial charge in [0, 0.05) is 18.7 Å². The van der Waals surface area contributed by atoms with Gasteiger partial charge in [-0.05, 0) is 36.0 Å². The van der Waals surface area contributed by atoms with Crippen molar-refractivity contribution in [2.75, 3.05) is 24.6 Å². The minimum absolute atomic E-state index is 0.171. The number of anilines is 2. The third-order valence-corrected chi connectivity index (χ3v) is 4.35. The van der Waals surface area contributed by atoms with Gasteiger partial charge in [-0.25, -0.2) is 4.98 Å². The van der Waals surface area contributed by atoms with Crippen molar-refractivity contribution in [2.24, 2.45) is 22.2 Å². The average molecular weight is 404 g/mol. The molecule has 152 valence electrons. The third kappa shape index (κ3) is 5.79. The molecule has 0 saturated carbocycles. The van der Waals surface area contributed by atoms with Crippen molar-refractivity contribution in [1.29, 1.82) is 0 Å². The van der Waals surface area contributed by atoms with Crippen LogP contribution in [0.5, 0.6) is 0 Å².